The summed E-state index contributed by atoms with van der Waals surface area (Å²) in [6, 6.07) is 9.24. The fourth-order valence-corrected chi connectivity index (χ4v) is 5.36. The number of carbonyl (C=O) groups is 2. The molecule has 2 heterocycles. The zero-order chi connectivity index (χ0) is 19.5. The normalized spacial score (nSPS) is 33.9. The molecule has 0 aromatic heterocycles. The molecule has 0 bridgehead atoms. The summed E-state index contributed by atoms with van der Waals surface area (Å²) in [5, 5.41) is 2.92. The largest absolute Gasteiger partial charge is 0.444 e. The molecule has 1 aromatic carbocycles. The summed E-state index contributed by atoms with van der Waals surface area (Å²) in [5.41, 5.74) is 3.01. The second-order valence-electron chi connectivity index (χ2n) is 9.72. The lowest BCUT2D eigenvalue weighted by atomic mass is 9.65. The Hall–Kier alpha value is -2.04. The van der Waals surface area contributed by atoms with E-state index < -0.39 is 0 Å². The molecule has 2 aliphatic carbocycles. The minimum atomic E-state index is -0.346. The molecule has 2 saturated heterocycles. The van der Waals surface area contributed by atoms with E-state index in [0.717, 1.165) is 25.9 Å². The number of benzene rings is 1. The van der Waals surface area contributed by atoms with Crippen molar-refractivity contribution in [1.29, 1.82) is 0 Å². The molecule has 5 rings (SSSR count). The molecule has 1 N–H and O–H groups in total. The summed E-state index contributed by atoms with van der Waals surface area (Å²) in [7, 11) is 0. The number of alkyl carbamates (subject to hydrolysis) is 1. The molecule has 4 aliphatic rings. The molecule has 150 valence electrons. The summed E-state index contributed by atoms with van der Waals surface area (Å²) >= 11 is 0. The third-order valence-electron chi connectivity index (χ3n) is 7.87. The highest BCUT2D eigenvalue weighted by Crippen LogP contribution is 2.48. The first-order valence-corrected chi connectivity index (χ1v) is 10.8. The quantitative estimate of drug-likeness (QED) is 0.867. The average molecular weight is 383 g/mol. The highest BCUT2D eigenvalue weighted by atomic mass is 16.6. The number of hydrogen-bond acceptors (Lipinski definition) is 3. The van der Waals surface area contributed by atoms with Crippen LogP contribution in [0.2, 0.25) is 0 Å². The highest BCUT2D eigenvalue weighted by Gasteiger charge is 2.57. The molecule has 5 heteroatoms. The van der Waals surface area contributed by atoms with E-state index in [2.05, 4.69) is 36.5 Å². The number of piperidine rings is 1. The molecule has 2 aliphatic heterocycles. The first kappa shape index (κ1) is 18.0. The second kappa shape index (κ2) is 6.23. The van der Waals surface area contributed by atoms with Crippen LogP contribution >= 0.6 is 0 Å². The number of nitrogens with one attached hydrogen (secondary N) is 1. The van der Waals surface area contributed by atoms with E-state index >= 15 is 0 Å². The number of cyclic esters (lactones) is 1. The Balaban J connectivity index is 1.14. The van der Waals surface area contributed by atoms with Gasteiger partial charge in [-0.3, -0.25) is 4.79 Å². The van der Waals surface area contributed by atoms with Gasteiger partial charge in [0.15, 0.2) is 0 Å². The summed E-state index contributed by atoms with van der Waals surface area (Å²) in [6.45, 7) is 5.94. The van der Waals surface area contributed by atoms with Gasteiger partial charge in [0, 0.05) is 19.0 Å². The minimum absolute atomic E-state index is 0.0274. The molecule has 4 fully saturated rings. The van der Waals surface area contributed by atoms with Crippen molar-refractivity contribution in [3.8, 4) is 0 Å². The summed E-state index contributed by atoms with van der Waals surface area (Å²) < 4.78 is 5.21. The van der Waals surface area contributed by atoms with Crippen molar-refractivity contribution < 1.29 is 14.3 Å². The number of rotatable bonds is 3. The zero-order valence-corrected chi connectivity index (χ0v) is 16.9. The van der Waals surface area contributed by atoms with Crippen LogP contribution in [0.4, 0.5) is 4.79 Å². The Morgan fingerprint density at radius 2 is 1.79 bits per heavy atom. The monoisotopic (exact) mass is 382 g/mol. The van der Waals surface area contributed by atoms with Gasteiger partial charge in [-0.05, 0) is 67.9 Å². The Labute approximate surface area is 166 Å². The molecule has 28 heavy (non-hydrogen) atoms. The van der Waals surface area contributed by atoms with E-state index in [-0.39, 0.29) is 29.6 Å². The van der Waals surface area contributed by atoms with Crippen LogP contribution < -0.4 is 5.32 Å². The van der Waals surface area contributed by atoms with Crippen LogP contribution in [0.5, 0.6) is 0 Å². The first-order valence-electron chi connectivity index (χ1n) is 10.8. The van der Waals surface area contributed by atoms with Crippen molar-refractivity contribution in [3.63, 3.8) is 0 Å². The second-order valence-corrected chi connectivity index (χ2v) is 9.72. The van der Waals surface area contributed by atoms with Gasteiger partial charge in [0.05, 0.1) is 5.54 Å². The van der Waals surface area contributed by atoms with Crippen LogP contribution in [0.15, 0.2) is 24.3 Å². The fraction of sp³-hybridized carbons (Fsp3) is 0.652. The maximum Gasteiger partial charge on any atom is 0.408 e. The molecule has 2 saturated carbocycles. The average Bonchev–Trinajstić information content (AvgIpc) is 3.35. The number of amides is 2. The first-order chi connectivity index (χ1) is 13.4. The molecule has 0 radical (unpaired) electrons. The van der Waals surface area contributed by atoms with Gasteiger partial charge in [0.25, 0.3) is 0 Å². The zero-order valence-electron chi connectivity index (χ0n) is 16.9. The Morgan fingerprint density at radius 3 is 2.32 bits per heavy atom. The van der Waals surface area contributed by atoms with Crippen molar-refractivity contribution in [2.24, 2.45) is 5.92 Å². The Morgan fingerprint density at radius 1 is 1.14 bits per heavy atom. The van der Waals surface area contributed by atoms with Crippen LogP contribution in [-0.4, -0.2) is 41.6 Å². The smallest absolute Gasteiger partial charge is 0.408 e. The summed E-state index contributed by atoms with van der Waals surface area (Å²) in [5.74, 6) is 0.842. The fourth-order valence-electron chi connectivity index (χ4n) is 5.36. The van der Waals surface area contributed by atoms with E-state index in [1.54, 1.807) is 0 Å². The van der Waals surface area contributed by atoms with Crippen molar-refractivity contribution in [3.05, 3.63) is 35.4 Å². The van der Waals surface area contributed by atoms with E-state index in [9.17, 15) is 9.59 Å². The maximum atomic E-state index is 12.9. The van der Waals surface area contributed by atoms with E-state index in [1.165, 1.54) is 24.0 Å². The lowest BCUT2D eigenvalue weighted by Gasteiger charge is -2.47. The van der Waals surface area contributed by atoms with Crippen molar-refractivity contribution >= 4 is 12.0 Å². The number of ether oxygens (including phenoxy) is 1. The van der Waals surface area contributed by atoms with Crippen LogP contribution in [0.25, 0.3) is 0 Å². The predicted octanol–water partition coefficient (Wildman–Crippen LogP) is 3.72. The van der Waals surface area contributed by atoms with Crippen molar-refractivity contribution in [2.45, 2.75) is 75.3 Å². The molecule has 0 unspecified atom stereocenters. The third-order valence-corrected chi connectivity index (χ3v) is 7.87. The number of carbonyl (C=O) groups excluding carboxylic acids is 2. The molecule has 1 spiro atoms. The van der Waals surface area contributed by atoms with Gasteiger partial charge >= 0.3 is 6.09 Å². The standard InChI is InChI=1S/C23H30N2O3/c1-15-23(24-21(27)28-15)13-18(14-23)20(26)25-11-7-17(8-12-25)16-3-5-19(6-4-16)22(2)9-10-22/h3-6,15,17-18H,7-14H2,1-2H3,(H,24,27)/t15-,18?,23?/m1/s1. The van der Waals surface area contributed by atoms with Crippen LogP contribution in [0.3, 0.4) is 0 Å². The van der Waals surface area contributed by atoms with Gasteiger partial charge < -0.3 is 15.0 Å². The summed E-state index contributed by atoms with van der Waals surface area (Å²) in [4.78, 5) is 26.4. The molecular formula is C23H30N2O3. The van der Waals surface area contributed by atoms with Crippen LogP contribution in [0, 0.1) is 5.92 Å². The number of hydrogen-bond donors (Lipinski definition) is 1. The maximum absolute atomic E-state index is 12.9. The number of likely N-dealkylation sites (tertiary alicyclic amines) is 1. The molecule has 5 nitrogen and oxygen atoms in total. The lowest BCUT2D eigenvalue weighted by molar-refractivity contribution is -0.143. The van der Waals surface area contributed by atoms with Crippen molar-refractivity contribution in [2.75, 3.05) is 13.1 Å². The van der Waals surface area contributed by atoms with E-state index in [1.807, 2.05) is 11.8 Å². The highest BCUT2D eigenvalue weighted by molar-refractivity contribution is 5.82. The summed E-state index contributed by atoms with van der Waals surface area (Å²) in [6.07, 6.45) is 5.62. The third kappa shape index (κ3) is 2.90. The molecular weight excluding hydrogens is 352 g/mol. The van der Waals surface area contributed by atoms with Crippen LogP contribution in [0.1, 0.15) is 69.4 Å². The van der Waals surface area contributed by atoms with E-state index in [0.29, 0.717) is 24.2 Å². The molecule has 1 aromatic rings. The topological polar surface area (TPSA) is 58.6 Å². The van der Waals surface area contributed by atoms with Gasteiger partial charge in [-0.25, -0.2) is 4.79 Å². The van der Waals surface area contributed by atoms with Gasteiger partial charge in [-0.1, -0.05) is 31.2 Å². The van der Waals surface area contributed by atoms with Gasteiger partial charge in [0.1, 0.15) is 6.10 Å². The number of nitrogens with zero attached hydrogens (tertiary/aromatic N) is 1. The van der Waals surface area contributed by atoms with Crippen molar-refractivity contribution in [1.82, 2.24) is 10.2 Å². The predicted molar refractivity (Wildman–Crippen MR) is 106 cm³/mol. The Bertz CT molecular complexity index is 785. The molecule has 1 atom stereocenters. The van der Waals surface area contributed by atoms with Crippen LogP contribution in [-0.2, 0) is 14.9 Å². The minimum Gasteiger partial charge on any atom is -0.444 e. The molecule has 2 amide bonds. The lowest BCUT2D eigenvalue weighted by Crippen LogP contribution is -2.61. The van der Waals surface area contributed by atoms with E-state index in [4.69, 9.17) is 4.74 Å². The van der Waals surface area contributed by atoms with Gasteiger partial charge in [0.2, 0.25) is 5.91 Å². The Kier molecular flexibility index (Phi) is 4.01. The van der Waals surface area contributed by atoms with Gasteiger partial charge in [-0.15, -0.1) is 0 Å². The SMILES string of the molecule is C[C@H]1OC(=O)NC12CC(C(=O)N1CCC(c3ccc(C4(C)CC4)cc3)CC1)C2. The van der Waals surface area contributed by atoms with Gasteiger partial charge in [-0.2, -0.15) is 0 Å².